The van der Waals surface area contributed by atoms with E-state index in [-0.39, 0.29) is 0 Å². The number of nitrogens with zero attached hydrogens (tertiary/aromatic N) is 2. The lowest BCUT2D eigenvalue weighted by molar-refractivity contribution is 0.326. The monoisotopic (exact) mass is 343 g/mol. The van der Waals surface area contributed by atoms with E-state index in [1.165, 1.54) is 5.56 Å². The average Bonchev–Trinajstić information content (AvgIpc) is 3.16. The number of rotatable bonds is 5. The van der Waals surface area contributed by atoms with Crippen LogP contribution in [0, 0.1) is 0 Å². The van der Waals surface area contributed by atoms with Gasteiger partial charge in [-0.05, 0) is 49.3 Å². The summed E-state index contributed by atoms with van der Waals surface area (Å²) in [4.78, 5) is 8.73. The second kappa shape index (κ2) is 8.26. The number of hydrogen-bond donors (Lipinski definition) is 3. The lowest BCUT2D eigenvalue weighted by Gasteiger charge is -2.30. The van der Waals surface area contributed by atoms with Gasteiger partial charge in [-0.25, -0.2) is 0 Å². The molecule has 5 nitrogen and oxygen atoms in total. The van der Waals surface area contributed by atoms with Gasteiger partial charge in [-0.15, -0.1) is 0 Å². The van der Waals surface area contributed by atoms with Crippen molar-refractivity contribution in [3.05, 3.63) is 40.7 Å². The lowest BCUT2D eigenvalue weighted by Crippen LogP contribution is -2.44. The molecule has 0 aliphatic heterocycles. The molecule has 2 aromatic rings. The standard InChI is InChI=1S/C18H25N5S/c1-20-18(19)23-15-7-5-14(6-8-15)21-11-16-3-2-4-17(22-16)13-9-10-24-12-13/h2-4,9-10,12,14-15,21H,5-8,11H2,1H3,(H3,19,20,23). The molecule has 0 amide bonds. The highest BCUT2D eigenvalue weighted by Crippen LogP contribution is 2.21. The molecule has 0 aromatic carbocycles. The van der Waals surface area contributed by atoms with Gasteiger partial charge < -0.3 is 16.4 Å². The van der Waals surface area contributed by atoms with E-state index in [0.717, 1.165) is 43.6 Å². The van der Waals surface area contributed by atoms with Crippen molar-refractivity contribution >= 4 is 17.3 Å². The molecule has 4 N–H and O–H groups in total. The van der Waals surface area contributed by atoms with Crippen LogP contribution in [0.25, 0.3) is 11.3 Å². The molecule has 1 saturated carbocycles. The van der Waals surface area contributed by atoms with Crippen LogP contribution in [0.15, 0.2) is 40.0 Å². The highest BCUT2D eigenvalue weighted by Gasteiger charge is 2.21. The van der Waals surface area contributed by atoms with Crippen LogP contribution in [-0.2, 0) is 6.54 Å². The van der Waals surface area contributed by atoms with Gasteiger partial charge in [0.05, 0.1) is 11.4 Å². The van der Waals surface area contributed by atoms with Crippen molar-refractivity contribution in [1.29, 1.82) is 0 Å². The molecule has 0 saturated heterocycles. The Morgan fingerprint density at radius 2 is 2.04 bits per heavy atom. The quantitative estimate of drug-likeness (QED) is 0.576. The van der Waals surface area contributed by atoms with Crippen LogP contribution in [0.5, 0.6) is 0 Å². The Morgan fingerprint density at radius 1 is 1.25 bits per heavy atom. The van der Waals surface area contributed by atoms with Crippen LogP contribution in [0.4, 0.5) is 0 Å². The summed E-state index contributed by atoms with van der Waals surface area (Å²) in [5.41, 5.74) is 9.09. The van der Waals surface area contributed by atoms with Crippen LogP contribution in [0.2, 0.25) is 0 Å². The molecular formula is C18H25N5S. The second-order valence-electron chi connectivity index (χ2n) is 6.21. The fraction of sp³-hybridized carbons (Fsp3) is 0.444. The first-order chi connectivity index (χ1) is 11.7. The van der Waals surface area contributed by atoms with E-state index in [9.17, 15) is 0 Å². The molecule has 24 heavy (non-hydrogen) atoms. The molecule has 6 heteroatoms. The van der Waals surface area contributed by atoms with Crippen molar-refractivity contribution in [1.82, 2.24) is 15.6 Å². The number of pyridine rings is 1. The molecule has 2 aromatic heterocycles. The molecule has 1 aliphatic rings. The summed E-state index contributed by atoms with van der Waals surface area (Å²) in [6, 6.07) is 9.37. The smallest absolute Gasteiger partial charge is 0.188 e. The summed E-state index contributed by atoms with van der Waals surface area (Å²) >= 11 is 1.70. The van der Waals surface area contributed by atoms with Crippen LogP contribution in [-0.4, -0.2) is 30.1 Å². The van der Waals surface area contributed by atoms with E-state index >= 15 is 0 Å². The maximum Gasteiger partial charge on any atom is 0.188 e. The molecule has 0 radical (unpaired) electrons. The molecule has 0 unspecified atom stereocenters. The lowest BCUT2D eigenvalue weighted by atomic mass is 9.91. The van der Waals surface area contributed by atoms with Crippen molar-refractivity contribution in [3.8, 4) is 11.3 Å². The molecule has 128 valence electrons. The predicted octanol–water partition coefficient (Wildman–Crippen LogP) is 2.75. The van der Waals surface area contributed by atoms with E-state index in [1.807, 2.05) is 0 Å². The number of aliphatic imine (C=N–C) groups is 1. The maximum atomic E-state index is 5.74. The van der Waals surface area contributed by atoms with Crippen molar-refractivity contribution < 1.29 is 0 Å². The molecule has 1 aliphatic carbocycles. The largest absolute Gasteiger partial charge is 0.370 e. The molecule has 1 fully saturated rings. The van der Waals surface area contributed by atoms with Gasteiger partial charge in [-0.1, -0.05) is 6.07 Å². The summed E-state index contributed by atoms with van der Waals surface area (Å²) < 4.78 is 0. The second-order valence-corrected chi connectivity index (χ2v) is 6.99. The average molecular weight is 344 g/mol. The first kappa shape index (κ1) is 16.9. The zero-order valence-electron chi connectivity index (χ0n) is 14.0. The van der Waals surface area contributed by atoms with E-state index in [4.69, 9.17) is 10.7 Å². The van der Waals surface area contributed by atoms with Crippen molar-refractivity contribution in [3.63, 3.8) is 0 Å². The highest BCUT2D eigenvalue weighted by atomic mass is 32.1. The molecule has 3 rings (SSSR count). The van der Waals surface area contributed by atoms with Gasteiger partial charge in [0.2, 0.25) is 0 Å². The summed E-state index contributed by atoms with van der Waals surface area (Å²) in [6.07, 6.45) is 4.55. The Labute approximate surface area is 147 Å². The number of nitrogens with two attached hydrogens (primary N) is 1. The maximum absolute atomic E-state index is 5.74. The van der Waals surface area contributed by atoms with E-state index in [0.29, 0.717) is 18.0 Å². The Morgan fingerprint density at radius 3 is 2.75 bits per heavy atom. The Kier molecular flexibility index (Phi) is 5.82. The number of nitrogens with one attached hydrogen (secondary N) is 2. The topological polar surface area (TPSA) is 75.3 Å². The van der Waals surface area contributed by atoms with Gasteiger partial charge in [-0.2, -0.15) is 11.3 Å². The van der Waals surface area contributed by atoms with Crippen LogP contribution in [0.1, 0.15) is 31.4 Å². The normalized spacial score (nSPS) is 21.6. The fourth-order valence-electron chi connectivity index (χ4n) is 3.11. The fourth-order valence-corrected chi connectivity index (χ4v) is 3.76. The molecule has 0 bridgehead atoms. The Bertz CT molecular complexity index is 660. The molecule has 2 heterocycles. The summed E-state index contributed by atoms with van der Waals surface area (Å²) in [5, 5.41) is 11.1. The summed E-state index contributed by atoms with van der Waals surface area (Å²) in [5.74, 6) is 0.542. The summed E-state index contributed by atoms with van der Waals surface area (Å²) in [6.45, 7) is 0.819. The molecular weight excluding hydrogens is 318 g/mol. The molecule has 0 atom stereocenters. The predicted molar refractivity (Wildman–Crippen MR) is 101 cm³/mol. The third kappa shape index (κ3) is 4.55. The third-order valence-electron chi connectivity index (χ3n) is 4.52. The van der Waals surface area contributed by atoms with Crippen LogP contribution >= 0.6 is 11.3 Å². The minimum atomic E-state index is 0.451. The Balaban J connectivity index is 1.48. The van der Waals surface area contributed by atoms with Crippen LogP contribution < -0.4 is 16.4 Å². The van der Waals surface area contributed by atoms with Crippen molar-refractivity contribution in [2.75, 3.05) is 7.05 Å². The highest BCUT2D eigenvalue weighted by molar-refractivity contribution is 7.08. The van der Waals surface area contributed by atoms with E-state index in [2.05, 4.69) is 50.7 Å². The summed E-state index contributed by atoms with van der Waals surface area (Å²) in [7, 11) is 1.72. The van der Waals surface area contributed by atoms with E-state index in [1.54, 1.807) is 18.4 Å². The van der Waals surface area contributed by atoms with Crippen molar-refractivity contribution in [2.24, 2.45) is 10.7 Å². The van der Waals surface area contributed by atoms with Gasteiger partial charge in [0.25, 0.3) is 0 Å². The van der Waals surface area contributed by atoms with Gasteiger partial charge in [0, 0.05) is 36.6 Å². The number of aromatic nitrogens is 1. The number of guanidine groups is 1. The van der Waals surface area contributed by atoms with Gasteiger partial charge in [0.1, 0.15) is 0 Å². The first-order valence-electron chi connectivity index (χ1n) is 8.45. The minimum absolute atomic E-state index is 0.451. The minimum Gasteiger partial charge on any atom is -0.370 e. The zero-order valence-corrected chi connectivity index (χ0v) is 14.9. The first-order valence-corrected chi connectivity index (χ1v) is 9.39. The SMILES string of the molecule is CN=C(N)NC1CCC(NCc2cccc(-c3ccsc3)n2)CC1. The van der Waals surface area contributed by atoms with Gasteiger partial charge in [0.15, 0.2) is 5.96 Å². The zero-order chi connectivity index (χ0) is 16.8. The van der Waals surface area contributed by atoms with Gasteiger partial charge in [-0.3, -0.25) is 9.98 Å². The molecule has 0 spiro atoms. The van der Waals surface area contributed by atoms with Crippen molar-refractivity contribution in [2.45, 2.75) is 44.3 Å². The number of hydrogen-bond acceptors (Lipinski definition) is 4. The van der Waals surface area contributed by atoms with Gasteiger partial charge >= 0.3 is 0 Å². The Hall–Kier alpha value is -1.92. The van der Waals surface area contributed by atoms with E-state index < -0.39 is 0 Å². The number of thiophene rings is 1. The third-order valence-corrected chi connectivity index (χ3v) is 5.20. The van der Waals surface area contributed by atoms with Crippen LogP contribution in [0.3, 0.4) is 0 Å².